The number of hydrogen-bond acceptors (Lipinski definition) is 5. The highest BCUT2D eigenvalue weighted by molar-refractivity contribution is 7.92. The first-order valence-corrected chi connectivity index (χ1v) is 9.83. The number of sulfonamides is 1. The number of aromatic nitrogens is 1. The molecule has 25 heavy (non-hydrogen) atoms. The van der Waals surface area contributed by atoms with Crippen LogP contribution in [-0.4, -0.2) is 19.3 Å². The first-order valence-electron chi connectivity index (χ1n) is 7.53. The molecular weight excluding hydrogens is 358 g/mol. The molecule has 6 nitrogen and oxygen atoms in total. The molecule has 2 N–H and O–H groups in total. The monoisotopic (exact) mass is 375 g/mol. The van der Waals surface area contributed by atoms with Gasteiger partial charge in [-0.25, -0.2) is 13.4 Å². The van der Waals surface area contributed by atoms with E-state index in [4.69, 9.17) is 0 Å². The van der Waals surface area contributed by atoms with Crippen molar-refractivity contribution in [3.05, 3.63) is 47.5 Å². The molecule has 2 aromatic carbocycles. The quantitative estimate of drug-likeness (QED) is 0.728. The zero-order valence-corrected chi connectivity index (χ0v) is 15.6. The highest BCUT2D eigenvalue weighted by Crippen LogP contribution is 2.31. The van der Waals surface area contributed by atoms with E-state index in [2.05, 4.69) is 15.0 Å². The van der Waals surface area contributed by atoms with Crippen LogP contribution in [0.4, 0.5) is 10.8 Å². The van der Waals surface area contributed by atoms with Crippen LogP contribution in [0.15, 0.2) is 41.3 Å². The molecule has 0 aliphatic rings. The molecular formula is C17H17N3O3S2. The number of carbonyl (C=O) groups excluding carboxylic acids is 1. The number of anilines is 2. The molecule has 0 aliphatic heterocycles. The topological polar surface area (TPSA) is 88.2 Å². The van der Waals surface area contributed by atoms with Crippen LogP contribution in [-0.2, 0) is 14.8 Å². The predicted molar refractivity (Wildman–Crippen MR) is 101 cm³/mol. The Morgan fingerprint density at radius 1 is 1.12 bits per heavy atom. The zero-order chi connectivity index (χ0) is 18.2. The molecule has 3 aromatic rings. The molecule has 8 heteroatoms. The second-order valence-corrected chi connectivity index (χ2v) is 8.47. The van der Waals surface area contributed by atoms with Crippen molar-refractivity contribution in [2.24, 2.45) is 0 Å². The molecule has 1 aromatic heterocycles. The zero-order valence-electron chi connectivity index (χ0n) is 14.0. The Hall–Kier alpha value is -2.45. The fraction of sp³-hybridized carbons (Fsp3) is 0.176. The van der Waals surface area contributed by atoms with E-state index in [1.807, 2.05) is 13.8 Å². The summed E-state index contributed by atoms with van der Waals surface area (Å²) in [4.78, 5) is 15.7. The van der Waals surface area contributed by atoms with Crippen molar-refractivity contribution in [3.8, 4) is 0 Å². The van der Waals surface area contributed by atoms with Crippen molar-refractivity contribution in [2.75, 3.05) is 10.0 Å². The van der Waals surface area contributed by atoms with E-state index in [0.717, 1.165) is 21.3 Å². The maximum atomic E-state index is 12.5. The van der Waals surface area contributed by atoms with Gasteiger partial charge in [0.05, 0.1) is 20.8 Å². The van der Waals surface area contributed by atoms with Gasteiger partial charge in [0.2, 0.25) is 5.91 Å². The third kappa shape index (κ3) is 3.80. The predicted octanol–water partition coefficient (Wildman–Crippen LogP) is 3.67. The number of amides is 1. The number of nitrogens with zero attached hydrogens (tertiary/aromatic N) is 1. The lowest BCUT2D eigenvalue weighted by Crippen LogP contribution is -2.13. The average Bonchev–Trinajstić information content (AvgIpc) is 2.89. The lowest BCUT2D eigenvalue weighted by atomic mass is 10.2. The van der Waals surface area contributed by atoms with E-state index < -0.39 is 10.0 Å². The molecule has 0 fully saturated rings. The van der Waals surface area contributed by atoms with Crippen LogP contribution in [0.5, 0.6) is 0 Å². The summed E-state index contributed by atoms with van der Waals surface area (Å²) in [6, 6.07) is 10.1. The normalized spacial score (nSPS) is 11.5. The first kappa shape index (κ1) is 17.4. The van der Waals surface area contributed by atoms with E-state index in [1.165, 1.54) is 18.3 Å². The molecule has 3 rings (SSSR count). The Bertz CT molecular complexity index is 1050. The van der Waals surface area contributed by atoms with Gasteiger partial charge in [-0.15, -0.1) is 0 Å². The Morgan fingerprint density at radius 2 is 1.80 bits per heavy atom. The number of aryl methyl sites for hydroxylation is 2. The summed E-state index contributed by atoms with van der Waals surface area (Å²) in [5, 5.41) is 3.14. The molecule has 0 spiro atoms. The van der Waals surface area contributed by atoms with Gasteiger partial charge < -0.3 is 5.32 Å². The Labute approximate surface area is 150 Å². The van der Waals surface area contributed by atoms with E-state index >= 15 is 0 Å². The van der Waals surface area contributed by atoms with Crippen LogP contribution in [0.1, 0.15) is 18.1 Å². The van der Waals surface area contributed by atoms with Crippen molar-refractivity contribution in [3.63, 3.8) is 0 Å². The van der Waals surface area contributed by atoms with Gasteiger partial charge in [-0.1, -0.05) is 29.0 Å². The molecule has 0 atom stereocenters. The van der Waals surface area contributed by atoms with Gasteiger partial charge >= 0.3 is 0 Å². The first-order chi connectivity index (χ1) is 11.7. The molecule has 0 aliphatic carbocycles. The van der Waals surface area contributed by atoms with Gasteiger partial charge in [0, 0.05) is 6.92 Å². The molecule has 0 saturated carbocycles. The molecule has 1 heterocycles. The maximum Gasteiger partial charge on any atom is 0.261 e. The summed E-state index contributed by atoms with van der Waals surface area (Å²) in [7, 11) is -3.66. The average molecular weight is 375 g/mol. The Kier molecular flexibility index (Phi) is 4.49. The lowest BCUT2D eigenvalue weighted by molar-refractivity contribution is -0.114. The molecule has 0 bridgehead atoms. The highest BCUT2D eigenvalue weighted by atomic mass is 32.2. The number of nitrogens with one attached hydrogen (secondary N) is 2. The highest BCUT2D eigenvalue weighted by Gasteiger charge is 2.16. The summed E-state index contributed by atoms with van der Waals surface area (Å²) >= 11 is 1.30. The fourth-order valence-electron chi connectivity index (χ4n) is 2.39. The van der Waals surface area contributed by atoms with Crippen LogP contribution in [0.25, 0.3) is 10.2 Å². The van der Waals surface area contributed by atoms with Gasteiger partial charge in [0.1, 0.15) is 0 Å². The number of fused-ring (bicyclic) bond motifs is 1. The van der Waals surface area contributed by atoms with Gasteiger partial charge in [0.25, 0.3) is 10.0 Å². The van der Waals surface area contributed by atoms with E-state index in [-0.39, 0.29) is 10.8 Å². The molecule has 0 saturated heterocycles. The van der Waals surface area contributed by atoms with Crippen LogP contribution in [0.2, 0.25) is 0 Å². The second kappa shape index (κ2) is 6.45. The molecule has 130 valence electrons. The van der Waals surface area contributed by atoms with Crippen LogP contribution in [0, 0.1) is 13.8 Å². The second-order valence-electron chi connectivity index (χ2n) is 5.76. The molecule has 1 amide bonds. The van der Waals surface area contributed by atoms with Crippen LogP contribution in [0.3, 0.4) is 0 Å². The van der Waals surface area contributed by atoms with Crippen molar-refractivity contribution >= 4 is 48.3 Å². The Balaban J connectivity index is 1.95. The molecule has 0 unspecified atom stereocenters. The minimum atomic E-state index is -3.66. The van der Waals surface area contributed by atoms with Crippen molar-refractivity contribution in [1.82, 2.24) is 4.98 Å². The summed E-state index contributed by atoms with van der Waals surface area (Å²) in [5.74, 6) is -0.197. The standard InChI is InChI=1S/C17H17N3O3S2/c1-10-4-6-14(7-5-10)25(22,23)20-13-8-11(2)16-15(9-13)24-17(19-16)18-12(3)21/h4-9,20H,1-3H3,(H,18,19,21). The van der Waals surface area contributed by atoms with Crippen molar-refractivity contribution in [1.29, 1.82) is 0 Å². The summed E-state index contributed by atoms with van der Waals surface area (Å²) in [5.41, 5.74) is 3.02. The van der Waals surface area contributed by atoms with E-state index in [1.54, 1.807) is 36.4 Å². The van der Waals surface area contributed by atoms with Crippen LogP contribution < -0.4 is 10.0 Å². The van der Waals surface area contributed by atoms with Gasteiger partial charge in [-0.05, 0) is 43.7 Å². The summed E-state index contributed by atoms with van der Waals surface area (Å²) in [6.45, 7) is 5.17. The smallest absolute Gasteiger partial charge is 0.261 e. The van der Waals surface area contributed by atoms with Crippen LogP contribution >= 0.6 is 11.3 Å². The van der Waals surface area contributed by atoms with Gasteiger partial charge in [-0.3, -0.25) is 9.52 Å². The lowest BCUT2D eigenvalue weighted by Gasteiger charge is -2.09. The number of carbonyl (C=O) groups is 1. The minimum Gasteiger partial charge on any atom is -0.302 e. The fourth-order valence-corrected chi connectivity index (χ4v) is 4.46. The third-order valence-electron chi connectivity index (χ3n) is 3.55. The van der Waals surface area contributed by atoms with E-state index in [9.17, 15) is 13.2 Å². The summed E-state index contributed by atoms with van der Waals surface area (Å²) < 4.78 is 28.5. The summed E-state index contributed by atoms with van der Waals surface area (Å²) in [6.07, 6.45) is 0. The van der Waals surface area contributed by atoms with Gasteiger partial charge in [0.15, 0.2) is 5.13 Å². The maximum absolute atomic E-state index is 12.5. The van der Waals surface area contributed by atoms with E-state index in [0.29, 0.717) is 10.8 Å². The number of hydrogen-bond donors (Lipinski definition) is 2. The van der Waals surface area contributed by atoms with Gasteiger partial charge in [-0.2, -0.15) is 0 Å². The Morgan fingerprint density at radius 3 is 2.44 bits per heavy atom. The van der Waals surface area contributed by atoms with Crippen molar-refractivity contribution in [2.45, 2.75) is 25.7 Å². The SMILES string of the molecule is CC(=O)Nc1nc2c(C)cc(NS(=O)(=O)c3ccc(C)cc3)cc2s1. The molecule has 0 radical (unpaired) electrons. The number of benzene rings is 2. The number of rotatable bonds is 4. The third-order valence-corrected chi connectivity index (χ3v) is 5.87. The van der Waals surface area contributed by atoms with Crippen molar-refractivity contribution < 1.29 is 13.2 Å². The minimum absolute atomic E-state index is 0.197. The largest absolute Gasteiger partial charge is 0.302 e. The number of thiazole rings is 1.